The zero-order valence-corrected chi connectivity index (χ0v) is 19.2. The van der Waals surface area contributed by atoms with Crippen LogP contribution in [0.5, 0.6) is 11.5 Å². The van der Waals surface area contributed by atoms with Gasteiger partial charge in [-0.2, -0.15) is 0 Å². The number of hydrogen-bond donors (Lipinski definition) is 1. The Morgan fingerprint density at radius 3 is 2.34 bits per heavy atom. The van der Waals surface area contributed by atoms with Gasteiger partial charge in [-0.05, 0) is 43.5 Å². The maximum Gasteiger partial charge on any atom is 0.310 e. The SMILES string of the molecule is COc1ccc(C(=O)CC2(C(=O)O)CCCCCCC2)cc1OCCc1cccc(C)c1. The lowest BCUT2D eigenvalue weighted by Crippen LogP contribution is -2.34. The summed E-state index contributed by atoms with van der Waals surface area (Å²) in [5, 5.41) is 9.99. The summed E-state index contributed by atoms with van der Waals surface area (Å²) >= 11 is 0. The van der Waals surface area contributed by atoms with E-state index in [1.54, 1.807) is 25.3 Å². The van der Waals surface area contributed by atoms with Crippen LogP contribution in [0.15, 0.2) is 42.5 Å². The molecule has 1 aliphatic carbocycles. The highest BCUT2D eigenvalue weighted by Crippen LogP contribution is 2.39. The summed E-state index contributed by atoms with van der Waals surface area (Å²) in [6.07, 6.45) is 6.81. The van der Waals surface area contributed by atoms with E-state index in [0.717, 1.165) is 38.5 Å². The monoisotopic (exact) mass is 438 g/mol. The number of methoxy groups -OCH3 is 1. The first kappa shape index (κ1) is 23.8. The Kier molecular flexibility index (Phi) is 8.32. The molecule has 5 heteroatoms. The van der Waals surface area contributed by atoms with Gasteiger partial charge in [0.2, 0.25) is 0 Å². The Balaban J connectivity index is 1.72. The summed E-state index contributed by atoms with van der Waals surface area (Å²) in [5.74, 6) is 0.0628. The average molecular weight is 439 g/mol. The van der Waals surface area contributed by atoms with Crippen molar-refractivity contribution in [1.82, 2.24) is 0 Å². The molecule has 3 rings (SSSR count). The average Bonchev–Trinajstić information content (AvgIpc) is 2.75. The van der Waals surface area contributed by atoms with E-state index in [0.29, 0.717) is 36.5 Å². The largest absolute Gasteiger partial charge is 0.493 e. The number of carbonyl (C=O) groups is 2. The standard InChI is InChI=1S/C27H34O5/c1-20-9-8-10-21(17-20)13-16-32-25-18-22(11-12-24(25)31-2)23(28)19-27(26(29)30)14-6-4-3-5-7-15-27/h8-12,17-18H,3-7,13-16,19H2,1-2H3,(H,29,30). The fourth-order valence-electron chi connectivity index (χ4n) is 4.57. The van der Waals surface area contributed by atoms with Crippen molar-refractivity contribution in [1.29, 1.82) is 0 Å². The first-order valence-electron chi connectivity index (χ1n) is 11.6. The molecule has 0 radical (unpaired) electrons. The molecule has 32 heavy (non-hydrogen) atoms. The molecule has 0 heterocycles. The second kappa shape index (κ2) is 11.2. The van der Waals surface area contributed by atoms with Gasteiger partial charge in [0.25, 0.3) is 0 Å². The minimum Gasteiger partial charge on any atom is -0.493 e. The van der Waals surface area contributed by atoms with Crippen LogP contribution in [-0.4, -0.2) is 30.6 Å². The van der Waals surface area contributed by atoms with Gasteiger partial charge in [-0.1, -0.05) is 61.9 Å². The summed E-state index contributed by atoms with van der Waals surface area (Å²) in [4.78, 5) is 25.3. The van der Waals surface area contributed by atoms with Crippen LogP contribution in [0.2, 0.25) is 0 Å². The number of aryl methyl sites for hydroxylation is 1. The van der Waals surface area contributed by atoms with Crippen LogP contribution in [0.3, 0.4) is 0 Å². The predicted octanol–water partition coefficient (Wildman–Crippen LogP) is 6.01. The molecule has 172 valence electrons. The number of rotatable bonds is 9. The maximum atomic E-state index is 13.1. The number of aliphatic carboxylic acids is 1. The van der Waals surface area contributed by atoms with E-state index in [1.807, 2.05) is 6.07 Å². The topological polar surface area (TPSA) is 72.8 Å². The highest BCUT2D eigenvalue weighted by atomic mass is 16.5. The van der Waals surface area contributed by atoms with Crippen LogP contribution in [0.4, 0.5) is 0 Å². The van der Waals surface area contributed by atoms with Crippen LogP contribution in [0.1, 0.15) is 72.9 Å². The second-order valence-corrected chi connectivity index (χ2v) is 8.91. The lowest BCUT2D eigenvalue weighted by atomic mass is 9.72. The minimum atomic E-state index is -0.969. The second-order valence-electron chi connectivity index (χ2n) is 8.91. The lowest BCUT2D eigenvalue weighted by molar-refractivity contribution is -0.150. The third-order valence-corrected chi connectivity index (χ3v) is 6.48. The number of hydrogen-bond acceptors (Lipinski definition) is 4. The third kappa shape index (κ3) is 6.12. The van der Waals surface area contributed by atoms with Crippen LogP contribution in [0, 0.1) is 12.3 Å². The number of benzene rings is 2. The molecular formula is C27H34O5. The number of ketones is 1. The maximum absolute atomic E-state index is 13.1. The molecule has 0 atom stereocenters. The molecule has 0 unspecified atom stereocenters. The smallest absolute Gasteiger partial charge is 0.310 e. The summed E-state index contributed by atoms with van der Waals surface area (Å²) in [6.45, 7) is 2.51. The van der Waals surface area contributed by atoms with Crippen molar-refractivity contribution < 1.29 is 24.2 Å². The van der Waals surface area contributed by atoms with Gasteiger partial charge >= 0.3 is 5.97 Å². The molecule has 1 aliphatic rings. The van der Waals surface area contributed by atoms with E-state index in [9.17, 15) is 14.7 Å². The minimum absolute atomic E-state index is 0.0252. The Morgan fingerprint density at radius 2 is 1.69 bits per heavy atom. The molecule has 0 aromatic heterocycles. The van der Waals surface area contributed by atoms with Crippen molar-refractivity contribution in [3.05, 3.63) is 59.2 Å². The number of carbonyl (C=O) groups excluding carboxylic acids is 1. The highest BCUT2D eigenvalue weighted by molar-refractivity contribution is 5.99. The lowest BCUT2D eigenvalue weighted by Gasteiger charge is -2.30. The number of Topliss-reactive ketones (excluding diaryl/α,β-unsaturated/α-hetero) is 1. The molecule has 1 fully saturated rings. The first-order valence-corrected chi connectivity index (χ1v) is 11.6. The van der Waals surface area contributed by atoms with Gasteiger partial charge < -0.3 is 14.6 Å². The Hall–Kier alpha value is -2.82. The Labute approximate surface area is 190 Å². The Bertz CT molecular complexity index is 925. The van der Waals surface area contributed by atoms with Crippen molar-refractivity contribution in [3.8, 4) is 11.5 Å². The van der Waals surface area contributed by atoms with Crippen LogP contribution < -0.4 is 9.47 Å². The third-order valence-electron chi connectivity index (χ3n) is 6.48. The van der Waals surface area contributed by atoms with Gasteiger partial charge in [-0.25, -0.2) is 0 Å². The summed E-state index contributed by atoms with van der Waals surface area (Å²) in [5.41, 5.74) is 1.89. The molecule has 0 aliphatic heterocycles. The molecular weight excluding hydrogens is 404 g/mol. The fourth-order valence-corrected chi connectivity index (χ4v) is 4.57. The van der Waals surface area contributed by atoms with Gasteiger partial charge in [-0.3, -0.25) is 9.59 Å². The molecule has 0 saturated heterocycles. The zero-order valence-electron chi connectivity index (χ0n) is 19.2. The number of ether oxygens (including phenoxy) is 2. The van der Waals surface area contributed by atoms with E-state index in [4.69, 9.17) is 9.47 Å². The van der Waals surface area contributed by atoms with E-state index >= 15 is 0 Å². The van der Waals surface area contributed by atoms with Gasteiger partial charge in [0.05, 0.1) is 19.1 Å². The summed E-state index contributed by atoms with van der Waals surface area (Å²) < 4.78 is 11.4. The van der Waals surface area contributed by atoms with Crippen molar-refractivity contribution >= 4 is 11.8 Å². The molecule has 2 aromatic carbocycles. The van der Waals surface area contributed by atoms with E-state index < -0.39 is 11.4 Å². The van der Waals surface area contributed by atoms with Crippen molar-refractivity contribution in [2.45, 2.75) is 64.7 Å². The zero-order chi connectivity index (χ0) is 23.0. The Morgan fingerprint density at radius 1 is 0.969 bits per heavy atom. The van der Waals surface area contributed by atoms with Crippen molar-refractivity contribution in [2.75, 3.05) is 13.7 Å². The van der Waals surface area contributed by atoms with Crippen LogP contribution in [0.25, 0.3) is 0 Å². The van der Waals surface area contributed by atoms with Gasteiger partial charge in [0.1, 0.15) is 0 Å². The molecule has 1 saturated carbocycles. The number of carboxylic acids is 1. The molecule has 5 nitrogen and oxygen atoms in total. The molecule has 0 spiro atoms. The van der Waals surface area contributed by atoms with E-state index in [2.05, 4.69) is 25.1 Å². The fraction of sp³-hybridized carbons (Fsp3) is 0.481. The molecule has 1 N–H and O–H groups in total. The molecule has 0 amide bonds. The number of carboxylic acid groups (broad SMARTS) is 1. The van der Waals surface area contributed by atoms with Gasteiger partial charge in [-0.15, -0.1) is 0 Å². The summed E-state index contributed by atoms with van der Waals surface area (Å²) in [6, 6.07) is 13.4. The van der Waals surface area contributed by atoms with Crippen LogP contribution in [-0.2, 0) is 11.2 Å². The predicted molar refractivity (Wildman–Crippen MR) is 125 cm³/mol. The normalized spacial score (nSPS) is 15.9. The highest BCUT2D eigenvalue weighted by Gasteiger charge is 2.40. The first-order chi connectivity index (χ1) is 15.4. The van der Waals surface area contributed by atoms with Crippen molar-refractivity contribution in [3.63, 3.8) is 0 Å². The summed E-state index contributed by atoms with van der Waals surface area (Å²) in [7, 11) is 1.57. The van der Waals surface area contributed by atoms with Crippen LogP contribution >= 0.6 is 0 Å². The van der Waals surface area contributed by atoms with Gasteiger partial charge in [0, 0.05) is 18.4 Å². The molecule has 0 bridgehead atoms. The van der Waals surface area contributed by atoms with E-state index in [1.165, 1.54) is 11.1 Å². The van der Waals surface area contributed by atoms with Crippen molar-refractivity contribution in [2.24, 2.45) is 5.41 Å². The van der Waals surface area contributed by atoms with Gasteiger partial charge in [0.15, 0.2) is 17.3 Å². The van der Waals surface area contributed by atoms with E-state index in [-0.39, 0.29) is 12.2 Å². The molecule has 2 aromatic rings. The quantitative estimate of drug-likeness (QED) is 0.485.